The van der Waals surface area contributed by atoms with Crippen molar-refractivity contribution >= 4 is 16.7 Å². The van der Waals surface area contributed by atoms with Gasteiger partial charge in [-0.05, 0) is 17.5 Å². The van der Waals surface area contributed by atoms with Crippen LogP contribution in [0.2, 0.25) is 0 Å². The van der Waals surface area contributed by atoms with Gasteiger partial charge < -0.3 is 10.1 Å². The molecule has 3 aromatic rings. The number of ether oxygens (including phenoxy) is 1. The van der Waals surface area contributed by atoms with Crippen LogP contribution in [0.25, 0.3) is 10.8 Å². The first-order chi connectivity index (χ1) is 11.3. The molecule has 1 atom stereocenters. The molecule has 0 bridgehead atoms. The van der Waals surface area contributed by atoms with E-state index in [-0.39, 0.29) is 11.9 Å². The maximum atomic E-state index is 12.7. The molecule has 1 N–H and O–H groups in total. The summed E-state index contributed by atoms with van der Waals surface area (Å²) in [6.07, 6.45) is 2.43. The van der Waals surface area contributed by atoms with Crippen LogP contribution in [0.4, 0.5) is 0 Å². The standard InChI is InChI=1S/C19H16N2O2/c22-19(18-14-6-2-1-5-13(14)9-11-20-18)21-16-10-12-23-17-8-4-3-7-15(16)17/h1-9,11,16H,10,12H2,(H,21,22). The van der Waals surface area contributed by atoms with Crippen molar-refractivity contribution in [2.45, 2.75) is 12.5 Å². The summed E-state index contributed by atoms with van der Waals surface area (Å²) < 4.78 is 5.64. The molecule has 23 heavy (non-hydrogen) atoms. The SMILES string of the molecule is O=C(NC1CCOc2ccccc21)c1nccc2ccccc12. The van der Waals surface area contributed by atoms with E-state index in [0.717, 1.165) is 28.5 Å². The van der Waals surface area contributed by atoms with Gasteiger partial charge in [0.05, 0.1) is 12.6 Å². The lowest BCUT2D eigenvalue weighted by molar-refractivity contribution is 0.0921. The Kier molecular flexibility index (Phi) is 3.42. The number of hydrogen-bond acceptors (Lipinski definition) is 3. The van der Waals surface area contributed by atoms with E-state index < -0.39 is 0 Å². The molecule has 1 amide bonds. The maximum absolute atomic E-state index is 12.7. The summed E-state index contributed by atoms with van der Waals surface area (Å²) in [7, 11) is 0. The molecule has 4 rings (SSSR count). The molecule has 4 heteroatoms. The molecule has 0 saturated heterocycles. The lowest BCUT2D eigenvalue weighted by atomic mass is 10.00. The second-order valence-electron chi connectivity index (χ2n) is 5.58. The molecule has 1 aromatic heterocycles. The number of carbonyl (C=O) groups excluding carboxylic acids is 1. The topological polar surface area (TPSA) is 51.2 Å². The smallest absolute Gasteiger partial charge is 0.271 e. The van der Waals surface area contributed by atoms with Crippen LogP contribution in [-0.2, 0) is 0 Å². The number of carbonyl (C=O) groups is 1. The van der Waals surface area contributed by atoms with E-state index in [4.69, 9.17) is 4.74 Å². The molecule has 2 heterocycles. The van der Waals surface area contributed by atoms with Crippen LogP contribution in [0, 0.1) is 0 Å². The first kappa shape index (κ1) is 13.8. The predicted molar refractivity (Wildman–Crippen MR) is 88.5 cm³/mol. The van der Waals surface area contributed by atoms with Crippen molar-refractivity contribution in [1.82, 2.24) is 10.3 Å². The second-order valence-corrected chi connectivity index (χ2v) is 5.58. The van der Waals surface area contributed by atoms with E-state index in [2.05, 4.69) is 10.3 Å². The van der Waals surface area contributed by atoms with Crippen molar-refractivity contribution < 1.29 is 9.53 Å². The van der Waals surface area contributed by atoms with Gasteiger partial charge in [0.2, 0.25) is 0 Å². The van der Waals surface area contributed by atoms with Crippen molar-refractivity contribution in [2.75, 3.05) is 6.61 Å². The van der Waals surface area contributed by atoms with E-state index in [9.17, 15) is 4.79 Å². The minimum Gasteiger partial charge on any atom is -0.493 e. The lowest BCUT2D eigenvalue weighted by Gasteiger charge is -2.26. The Morgan fingerprint density at radius 1 is 1.09 bits per heavy atom. The van der Waals surface area contributed by atoms with Crippen LogP contribution in [0.15, 0.2) is 60.8 Å². The van der Waals surface area contributed by atoms with Crippen LogP contribution in [0.5, 0.6) is 5.75 Å². The summed E-state index contributed by atoms with van der Waals surface area (Å²) >= 11 is 0. The average molecular weight is 304 g/mol. The predicted octanol–water partition coefficient (Wildman–Crippen LogP) is 3.49. The van der Waals surface area contributed by atoms with Crippen molar-refractivity contribution in [1.29, 1.82) is 0 Å². The van der Waals surface area contributed by atoms with Gasteiger partial charge >= 0.3 is 0 Å². The molecule has 0 fully saturated rings. The Morgan fingerprint density at radius 3 is 2.87 bits per heavy atom. The van der Waals surface area contributed by atoms with Crippen LogP contribution in [0.1, 0.15) is 28.5 Å². The Labute approximate surface area is 134 Å². The molecule has 1 aliphatic heterocycles. The van der Waals surface area contributed by atoms with Crippen LogP contribution < -0.4 is 10.1 Å². The first-order valence-electron chi connectivity index (χ1n) is 7.69. The van der Waals surface area contributed by atoms with Gasteiger partial charge in [-0.2, -0.15) is 0 Å². The molecule has 1 aliphatic rings. The largest absolute Gasteiger partial charge is 0.493 e. The molecule has 4 nitrogen and oxygen atoms in total. The van der Waals surface area contributed by atoms with E-state index in [0.29, 0.717) is 12.3 Å². The summed E-state index contributed by atoms with van der Waals surface area (Å²) in [4.78, 5) is 17.0. The number of aromatic nitrogens is 1. The zero-order chi connectivity index (χ0) is 15.6. The number of benzene rings is 2. The highest BCUT2D eigenvalue weighted by molar-refractivity contribution is 6.05. The van der Waals surface area contributed by atoms with Crippen molar-refractivity contribution in [3.63, 3.8) is 0 Å². The minimum atomic E-state index is -0.150. The molecule has 2 aromatic carbocycles. The fourth-order valence-electron chi connectivity index (χ4n) is 3.02. The van der Waals surface area contributed by atoms with Gasteiger partial charge in [-0.25, -0.2) is 0 Å². The Morgan fingerprint density at radius 2 is 1.91 bits per heavy atom. The highest BCUT2D eigenvalue weighted by Crippen LogP contribution is 2.31. The fraction of sp³-hybridized carbons (Fsp3) is 0.158. The highest BCUT2D eigenvalue weighted by Gasteiger charge is 2.24. The Bertz CT molecular complexity index is 871. The molecular weight excluding hydrogens is 288 g/mol. The second kappa shape index (κ2) is 5.72. The van der Waals surface area contributed by atoms with E-state index in [1.165, 1.54) is 0 Å². The summed E-state index contributed by atoms with van der Waals surface area (Å²) in [6, 6.07) is 17.5. The number of nitrogens with one attached hydrogen (secondary N) is 1. The molecule has 0 aliphatic carbocycles. The summed E-state index contributed by atoms with van der Waals surface area (Å²) in [5, 5.41) is 4.98. The van der Waals surface area contributed by atoms with Gasteiger partial charge in [-0.3, -0.25) is 9.78 Å². The number of fused-ring (bicyclic) bond motifs is 2. The lowest BCUT2D eigenvalue weighted by Crippen LogP contribution is -2.32. The van der Waals surface area contributed by atoms with Crippen LogP contribution >= 0.6 is 0 Å². The van der Waals surface area contributed by atoms with E-state index in [1.54, 1.807) is 6.20 Å². The van der Waals surface area contributed by atoms with Gasteiger partial charge in [0.15, 0.2) is 0 Å². The number of hydrogen-bond donors (Lipinski definition) is 1. The summed E-state index contributed by atoms with van der Waals surface area (Å²) in [6.45, 7) is 0.602. The van der Waals surface area contributed by atoms with Crippen LogP contribution in [0.3, 0.4) is 0 Å². The number of pyridine rings is 1. The third-order valence-corrected chi connectivity index (χ3v) is 4.15. The van der Waals surface area contributed by atoms with Gasteiger partial charge in [0, 0.05) is 23.6 Å². The van der Waals surface area contributed by atoms with E-state index in [1.807, 2.05) is 54.6 Å². The number of para-hydroxylation sites is 1. The third-order valence-electron chi connectivity index (χ3n) is 4.15. The number of nitrogens with zero attached hydrogens (tertiary/aromatic N) is 1. The molecule has 0 radical (unpaired) electrons. The molecule has 0 saturated carbocycles. The molecular formula is C19H16N2O2. The van der Waals surface area contributed by atoms with Gasteiger partial charge in [-0.15, -0.1) is 0 Å². The van der Waals surface area contributed by atoms with E-state index >= 15 is 0 Å². The maximum Gasteiger partial charge on any atom is 0.271 e. The normalized spacial score (nSPS) is 16.4. The summed E-state index contributed by atoms with van der Waals surface area (Å²) in [5.41, 5.74) is 1.49. The minimum absolute atomic E-state index is 0.0479. The molecule has 114 valence electrons. The number of rotatable bonds is 2. The highest BCUT2D eigenvalue weighted by atomic mass is 16.5. The first-order valence-corrected chi connectivity index (χ1v) is 7.69. The number of amides is 1. The molecule has 0 spiro atoms. The van der Waals surface area contributed by atoms with Crippen LogP contribution in [-0.4, -0.2) is 17.5 Å². The van der Waals surface area contributed by atoms with Gasteiger partial charge in [0.1, 0.15) is 11.4 Å². The zero-order valence-corrected chi connectivity index (χ0v) is 12.5. The quantitative estimate of drug-likeness (QED) is 0.788. The van der Waals surface area contributed by atoms with Crippen molar-refractivity contribution in [3.05, 3.63) is 72.1 Å². The Hall–Kier alpha value is -2.88. The molecule has 1 unspecified atom stereocenters. The monoisotopic (exact) mass is 304 g/mol. The average Bonchev–Trinajstić information content (AvgIpc) is 2.61. The van der Waals surface area contributed by atoms with Crippen molar-refractivity contribution in [2.24, 2.45) is 0 Å². The summed E-state index contributed by atoms with van der Waals surface area (Å²) in [5.74, 6) is 0.693. The van der Waals surface area contributed by atoms with Gasteiger partial charge in [0.25, 0.3) is 5.91 Å². The third kappa shape index (κ3) is 2.52. The fourth-order valence-corrected chi connectivity index (χ4v) is 3.02. The van der Waals surface area contributed by atoms with Crippen molar-refractivity contribution in [3.8, 4) is 5.75 Å². The van der Waals surface area contributed by atoms with Gasteiger partial charge in [-0.1, -0.05) is 42.5 Å². The Balaban J connectivity index is 1.66. The zero-order valence-electron chi connectivity index (χ0n) is 12.5.